The maximum atomic E-state index is 13.5. The monoisotopic (exact) mass is 371 g/mol. The highest BCUT2D eigenvalue weighted by Gasteiger charge is 2.08. The molecule has 0 radical (unpaired) electrons. The van der Waals surface area contributed by atoms with Crippen molar-refractivity contribution in [1.29, 1.82) is 0 Å². The summed E-state index contributed by atoms with van der Waals surface area (Å²) < 4.78 is 39.7. The second-order valence-corrected chi connectivity index (χ2v) is 5.78. The van der Waals surface area contributed by atoms with Crippen molar-refractivity contribution in [2.75, 3.05) is 11.9 Å². The maximum Gasteiger partial charge on any atom is 0.269 e. The lowest BCUT2D eigenvalue weighted by Crippen LogP contribution is -2.26. The van der Waals surface area contributed by atoms with Crippen LogP contribution in [0, 0.1) is 17.5 Å². The zero-order valence-electron chi connectivity index (χ0n) is 14.2. The van der Waals surface area contributed by atoms with E-state index >= 15 is 0 Å². The third-order valence-electron chi connectivity index (χ3n) is 3.84. The summed E-state index contributed by atoms with van der Waals surface area (Å²) in [5, 5.41) is 5.54. The van der Waals surface area contributed by atoms with E-state index in [-0.39, 0.29) is 24.0 Å². The molecule has 0 aliphatic carbocycles. The Kier molecular flexibility index (Phi) is 5.71. The number of amides is 1. The number of carbonyl (C=O) groups is 1. The van der Waals surface area contributed by atoms with Crippen LogP contribution in [0.3, 0.4) is 0 Å². The van der Waals surface area contributed by atoms with Crippen molar-refractivity contribution in [1.82, 2.24) is 10.3 Å². The third kappa shape index (κ3) is 4.84. The Morgan fingerprint density at radius 3 is 2.37 bits per heavy atom. The molecule has 0 saturated heterocycles. The van der Waals surface area contributed by atoms with Gasteiger partial charge < -0.3 is 10.6 Å². The van der Waals surface area contributed by atoms with Crippen molar-refractivity contribution in [3.05, 3.63) is 89.5 Å². The van der Waals surface area contributed by atoms with Gasteiger partial charge in [-0.1, -0.05) is 18.2 Å². The van der Waals surface area contributed by atoms with Crippen molar-refractivity contribution in [2.45, 2.75) is 6.42 Å². The molecule has 0 aliphatic heterocycles. The second kappa shape index (κ2) is 8.35. The zero-order valence-corrected chi connectivity index (χ0v) is 14.2. The first-order valence-electron chi connectivity index (χ1n) is 8.22. The number of rotatable bonds is 6. The Balaban J connectivity index is 1.55. The summed E-state index contributed by atoms with van der Waals surface area (Å²) in [5.74, 6) is -2.58. The van der Waals surface area contributed by atoms with E-state index in [0.29, 0.717) is 23.4 Å². The molecule has 1 amide bonds. The van der Waals surface area contributed by atoms with Gasteiger partial charge in [-0.25, -0.2) is 18.2 Å². The smallest absolute Gasteiger partial charge is 0.269 e. The molecular formula is C20H16F3N3O. The van der Waals surface area contributed by atoms with Gasteiger partial charge >= 0.3 is 0 Å². The van der Waals surface area contributed by atoms with Gasteiger partial charge in [-0.3, -0.25) is 4.79 Å². The lowest BCUT2D eigenvalue weighted by molar-refractivity contribution is 0.0949. The molecule has 138 valence electrons. The van der Waals surface area contributed by atoms with Crippen molar-refractivity contribution in [3.8, 4) is 0 Å². The normalized spacial score (nSPS) is 10.5. The zero-order chi connectivity index (χ0) is 19.2. The molecule has 3 rings (SSSR count). The Morgan fingerprint density at radius 2 is 1.67 bits per heavy atom. The van der Waals surface area contributed by atoms with Crippen molar-refractivity contribution in [2.24, 2.45) is 0 Å². The lowest BCUT2D eigenvalue weighted by atomic mass is 10.1. The molecule has 0 aliphatic rings. The highest BCUT2D eigenvalue weighted by atomic mass is 19.2. The van der Waals surface area contributed by atoms with Gasteiger partial charge in [0.1, 0.15) is 11.5 Å². The Hall–Kier alpha value is -3.35. The predicted octanol–water partition coefficient (Wildman–Crippen LogP) is 4.22. The summed E-state index contributed by atoms with van der Waals surface area (Å²) in [4.78, 5) is 16.1. The minimum Gasteiger partial charge on any atom is -0.354 e. The van der Waals surface area contributed by atoms with Crippen LogP contribution in [0.25, 0.3) is 0 Å². The standard InChI is InChI=1S/C20H16F3N3O/c21-16-4-2-1-3-13(16)9-10-24-20(27)19-8-6-15(12-25-19)26-14-5-7-17(22)18(23)11-14/h1-8,11-12,26H,9-10H2,(H,24,27). The van der Waals surface area contributed by atoms with Crippen molar-refractivity contribution < 1.29 is 18.0 Å². The number of hydrogen-bond donors (Lipinski definition) is 2. The van der Waals surface area contributed by atoms with Crippen LogP contribution in [0.1, 0.15) is 16.1 Å². The summed E-state index contributed by atoms with van der Waals surface area (Å²) in [6.45, 7) is 0.274. The Bertz CT molecular complexity index is 945. The van der Waals surface area contributed by atoms with Crippen molar-refractivity contribution in [3.63, 3.8) is 0 Å². The average molecular weight is 371 g/mol. The molecule has 2 aromatic carbocycles. The molecule has 1 aromatic heterocycles. The van der Waals surface area contributed by atoms with Gasteiger partial charge in [-0.2, -0.15) is 0 Å². The van der Waals surface area contributed by atoms with E-state index in [1.807, 2.05) is 0 Å². The second-order valence-electron chi connectivity index (χ2n) is 5.78. The van der Waals surface area contributed by atoms with Gasteiger partial charge in [-0.15, -0.1) is 0 Å². The number of nitrogens with one attached hydrogen (secondary N) is 2. The van der Waals surface area contributed by atoms with Crippen LogP contribution >= 0.6 is 0 Å². The van der Waals surface area contributed by atoms with Gasteiger partial charge in [0.05, 0.1) is 11.9 Å². The number of carbonyl (C=O) groups excluding carboxylic acids is 1. The van der Waals surface area contributed by atoms with Crippen LogP contribution in [-0.2, 0) is 6.42 Å². The van der Waals surface area contributed by atoms with Gasteiger partial charge in [-0.05, 0) is 42.3 Å². The summed E-state index contributed by atoms with van der Waals surface area (Å²) in [5.41, 5.74) is 1.60. The lowest BCUT2D eigenvalue weighted by Gasteiger charge is -2.08. The fourth-order valence-electron chi connectivity index (χ4n) is 2.45. The number of anilines is 2. The summed E-state index contributed by atoms with van der Waals surface area (Å²) in [6, 6.07) is 12.9. The summed E-state index contributed by atoms with van der Waals surface area (Å²) in [6.07, 6.45) is 1.78. The number of halogens is 3. The van der Waals surface area contributed by atoms with E-state index < -0.39 is 11.6 Å². The predicted molar refractivity (Wildman–Crippen MR) is 96.3 cm³/mol. The van der Waals surface area contributed by atoms with Crippen LogP contribution < -0.4 is 10.6 Å². The van der Waals surface area contributed by atoms with E-state index in [9.17, 15) is 18.0 Å². The van der Waals surface area contributed by atoms with E-state index in [2.05, 4.69) is 15.6 Å². The van der Waals surface area contributed by atoms with Gasteiger partial charge in [0.2, 0.25) is 0 Å². The SMILES string of the molecule is O=C(NCCc1ccccc1F)c1ccc(Nc2ccc(F)c(F)c2)cn1. The first kappa shape index (κ1) is 18.4. The van der Waals surface area contributed by atoms with Gasteiger partial charge in [0.15, 0.2) is 11.6 Å². The topological polar surface area (TPSA) is 54.0 Å². The fourth-order valence-corrected chi connectivity index (χ4v) is 2.45. The van der Waals surface area contributed by atoms with Gasteiger partial charge in [0, 0.05) is 18.3 Å². The molecule has 0 spiro atoms. The Morgan fingerprint density at radius 1 is 0.889 bits per heavy atom. The number of hydrogen-bond acceptors (Lipinski definition) is 3. The molecule has 7 heteroatoms. The summed E-state index contributed by atoms with van der Waals surface area (Å²) in [7, 11) is 0. The molecule has 0 fully saturated rings. The van der Waals surface area contributed by atoms with Crippen LogP contribution in [0.5, 0.6) is 0 Å². The average Bonchev–Trinajstić information content (AvgIpc) is 2.67. The van der Waals surface area contributed by atoms with Crippen LogP contribution in [0.4, 0.5) is 24.5 Å². The molecule has 4 nitrogen and oxygen atoms in total. The molecule has 0 atom stereocenters. The van der Waals surface area contributed by atoms with Crippen molar-refractivity contribution >= 4 is 17.3 Å². The van der Waals surface area contributed by atoms with E-state index in [0.717, 1.165) is 12.1 Å². The molecule has 0 bridgehead atoms. The molecule has 3 aromatic rings. The van der Waals surface area contributed by atoms with E-state index in [1.54, 1.807) is 24.3 Å². The summed E-state index contributed by atoms with van der Waals surface area (Å²) >= 11 is 0. The minimum absolute atomic E-state index is 0.194. The molecular weight excluding hydrogens is 355 g/mol. The number of nitrogens with zero attached hydrogens (tertiary/aromatic N) is 1. The van der Waals surface area contributed by atoms with Crippen LogP contribution in [-0.4, -0.2) is 17.4 Å². The first-order valence-corrected chi connectivity index (χ1v) is 8.22. The molecule has 0 saturated carbocycles. The highest BCUT2D eigenvalue weighted by molar-refractivity contribution is 5.92. The van der Waals surface area contributed by atoms with E-state index in [4.69, 9.17) is 0 Å². The fraction of sp³-hybridized carbons (Fsp3) is 0.100. The third-order valence-corrected chi connectivity index (χ3v) is 3.84. The largest absolute Gasteiger partial charge is 0.354 e. The maximum absolute atomic E-state index is 13.5. The minimum atomic E-state index is -0.959. The number of benzene rings is 2. The number of pyridine rings is 1. The molecule has 1 heterocycles. The molecule has 0 unspecified atom stereocenters. The molecule has 2 N–H and O–H groups in total. The van der Waals surface area contributed by atoms with Crippen LogP contribution in [0.2, 0.25) is 0 Å². The Labute approximate surface area is 154 Å². The highest BCUT2D eigenvalue weighted by Crippen LogP contribution is 2.18. The number of aromatic nitrogens is 1. The van der Waals surface area contributed by atoms with Gasteiger partial charge in [0.25, 0.3) is 5.91 Å². The first-order chi connectivity index (χ1) is 13.0. The van der Waals surface area contributed by atoms with E-state index in [1.165, 1.54) is 24.4 Å². The molecule has 27 heavy (non-hydrogen) atoms. The quantitative estimate of drug-likeness (QED) is 0.682. The van der Waals surface area contributed by atoms with Crippen LogP contribution in [0.15, 0.2) is 60.8 Å².